The number of hydrogen-bond acceptors (Lipinski definition) is 4. The van der Waals surface area contributed by atoms with Crippen molar-refractivity contribution in [3.8, 4) is 0 Å². The molecule has 0 spiro atoms. The molecule has 4 N–H and O–H groups in total. The molecular weight excluding hydrogens is 352 g/mol. The number of piperidine rings is 1. The van der Waals surface area contributed by atoms with E-state index in [0.717, 1.165) is 25.9 Å². The Morgan fingerprint density at radius 2 is 1.58 bits per heavy atom. The van der Waals surface area contributed by atoms with Gasteiger partial charge in [-0.15, -0.1) is 12.4 Å². The number of carbonyl (C=O) groups is 2. The molecule has 0 unspecified atom stereocenters. The highest BCUT2D eigenvalue weighted by molar-refractivity contribution is 5.87. The number of hydrogen-bond donors (Lipinski definition) is 3. The van der Waals surface area contributed by atoms with E-state index < -0.39 is 6.04 Å². The maximum absolute atomic E-state index is 12.2. The highest BCUT2D eigenvalue weighted by atomic mass is 35.5. The van der Waals surface area contributed by atoms with Crippen molar-refractivity contribution < 1.29 is 9.59 Å². The predicted molar refractivity (Wildman–Crippen MR) is 107 cm³/mol. The van der Waals surface area contributed by atoms with Gasteiger partial charge in [-0.3, -0.25) is 14.5 Å². The van der Waals surface area contributed by atoms with Gasteiger partial charge in [0.2, 0.25) is 11.8 Å². The zero-order valence-corrected chi connectivity index (χ0v) is 17.2. The number of nitrogens with two attached hydrogens (primary N) is 1. The third-order valence-corrected chi connectivity index (χ3v) is 5.87. The van der Waals surface area contributed by atoms with Gasteiger partial charge in [-0.05, 0) is 44.7 Å². The van der Waals surface area contributed by atoms with Crippen molar-refractivity contribution in [2.75, 3.05) is 26.2 Å². The maximum Gasteiger partial charge on any atom is 0.239 e. The molecule has 0 aromatic carbocycles. The Morgan fingerprint density at radius 3 is 2.15 bits per heavy atom. The van der Waals surface area contributed by atoms with Gasteiger partial charge in [0.05, 0.1) is 12.6 Å². The topological polar surface area (TPSA) is 87.5 Å². The first-order valence-corrected chi connectivity index (χ1v) is 10.00. The summed E-state index contributed by atoms with van der Waals surface area (Å²) in [5.41, 5.74) is 5.92. The van der Waals surface area contributed by atoms with Crippen LogP contribution in [0.15, 0.2) is 0 Å². The van der Waals surface area contributed by atoms with Crippen molar-refractivity contribution >= 4 is 24.2 Å². The minimum absolute atomic E-state index is 0. The van der Waals surface area contributed by atoms with Crippen LogP contribution in [0.4, 0.5) is 0 Å². The molecule has 1 aliphatic heterocycles. The van der Waals surface area contributed by atoms with E-state index in [0.29, 0.717) is 6.54 Å². The number of amides is 2. The second-order valence-electron chi connectivity index (χ2n) is 8.10. The fourth-order valence-electron chi connectivity index (χ4n) is 4.10. The average molecular weight is 389 g/mol. The van der Waals surface area contributed by atoms with Gasteiger partial charge in [0.25, 0.3) is 0 Å². The molecule has 1 atom stereocenters. The molecule has 1 heterocycles. The second-order valence-corrected chi connectivity index (χ2v) is 8.10. The van der Waals surface area contributed by atoms with Crippen LogP contribution < -0.4 is 16.4 Å². The van der Waals surface area contributed by atoms with E-state index in [2.05, 4.69) is 15.5 Å². The molecule has 26 heavy (non-hydrogen) atoms. The van der Waals surface area contributed by atoms with Crippen LogP contribution in [0.5, 0.6) is 0 Å². The predicted octanol–water partition coefficient (Wildman–Crippen LogP) is 1.81. The Hall–Kier alpha value is -0.850. The van der Waals surface area contributed by atoms with Crippen LogP contribution in [-0.2, 0) is 9.59 Å². The van der Waals surface area contributed by atoms with Crippen LogP contribution in [0.25, 0.3) is 0 Å². The maximum atomic E-state index is 12.2. The summed E-state index contributed by atoms with van der Waals surface area (Å²) in [6.45, 7) is 6.80. The van der Waals surface area contributed by atoms with Crippen LogP contribution in [0.3, 0.4) is 0 Å². The van der Waals surface area contributed by atoms with Crippen molar-refractivity contribution in [1.82, 2.24) is 15.5 Å². The lowest BCUT2D eigenvalue weighted by Gasteiger charge is -2.48. The molecule has 2 aliphatic rings. The molecule has 6 nitrogen and oxygen atoms in total. The summed E-state index contributed by atoms with van der Waals surface area (Å²) in [5.74, 6) is -0.313. The molecule has 7 heteroatoms. The Balaban J connectivity index is 0.00000338. The van der Waals surface area contributed by atoms with Crippen LogP contribution in [0.2, 0.25) is 0 Å². The first kappa shape index (κ1) is 23.2. The van der Waals surface area contributed by atoms with Crippen molar-refractivity contribution in [1.29, 1.82) is 0 Å². The van der Waals surface area contributed by atoms with Crippen molar-refractivity contribution in [2.24, 2.45) is 11.7 Å². The smallest absolute Gasteiger partial charge is 0.239 e. The quantitative estimate of drug-likeness (QED) is 0.620. The van der Waals surface area contributed by atoms with Crippen LogP contribution in [0.1, 0.15) is 65.2 Å². The van der Waals surface area contributed by atoms with Gasteiger partial charge in [0, 0.05) is 12.1 Å². The van der Waals surface area contributed by atoms with Gasteiger partial charge in [-0.2, -0.15) is 0 Å². The fourth-order valence-corrected chi connectivity index (χ4v) is 4.10. The Labute approximate surface area is 164 Å². The summed E-state index contributed by atoms with van der Waals surface area (Å²) in [5, 5.41) is 5.73. The third-order valence-electron chi connectivity index (χ3n) is 5.87. The highest BCUT2D eigenvalue weighted by Crippen LogP contribution is 2.35. The number of nitrogens with one attached hydrogen (secondary N) is 2. The second kappa shape index (κ2) is 11.1. The van der Waals surface area contributed by atoms with E-state index in [1.807, 2.05) is 13.8 Å². The summed E-state index contributed by atoms with van der Waals surface area (Å²) in [6.07, 6.45) is 9.96. The molecule has 1 aliphatic carbocycles. The van der Waals surface area contributed by atoms with Gasteiger partial charge in [0.1, 0.15) is 0 Å². The average Bonchev–Trinajstić information content (AvgIpc) is 2.65. The zero-order valence-electron chi connectivity index (χ0n) is 16.4. The molecule has 2 amide bonds. The molecule has 0 radical (unpaired) electrons. The molecule has 2 fully saturated rings. The number of halogens is 1. The largest absolute Gasteiger partial charge is 0.353 e. The van der Waals surface area contributed by atoms with Gasteiger partial charge in [0.15, 0.2) is 0 Å². The lowest BCUT2D eigenvalue weighted by molar-refractivity contribution is -0.127. The zero-order chi connectivity index (χ0) is 18.3. The first-order chi connectivity index (χ1) is 11.9. The fraction of sp³-hybridized carbons (Fsp3) is 0.895. The van der Waals surface area contributed by atoms with Crippen molar-refractivity contribution in [3.05, 3.63) is 0 Å². The Kier molecular flexibility index (Phi) is 9.90. The molecular formula is C19H37ClN4O2. The molecule has 0 aromatic heterocycles. The number of rotatable bonds is 7. The van der Waals surface area contributed by atoms with E-state index >= 15 is 0 Å². The Morgan fingerprint density at radius 1 is 1.00 bits per heavy atom. The van der Waals surface area contributed by atoms with E-state index in [9.17, 15) is 9.59 Å². The minimum Gasteiger partial charge on any atom is -0.353 e. The third kappa shape index (κ3) is 6.39. The monoisotopic (exact) mass is 388 g/mol. The van der Waals surface area contributed by atoms with Crippen LogP contribution >= 0.6 is 12.4 Å². The Bertz CT molecular complexity index is 447. The summed E-state index contributed by atoms with van der Waals surface area (Å²) >= 11 is 0. The normalized spacial score (nSPS) is 21.5. The minimum atomic E-state index is -0.564. The van der Waals surface area contributed by atoms with E-state index in [1.54, 1.807) is 0 Å². The first-order valence-electron chi connectivity index (χ1n) is 10.00. The summed E-state index contributed by atoms with van der Waals surface area (Å²) in [4.78, 5) is 26.7. The van der Waals surface area contributed by atoms with E-state index in [4.69, 9.17) is 5.73 Å². The van der Waals surface area contributed by atoms with E-state index in [1.165, 1.54) is 38.5 Å². The molecule has 1 saturated carbocycles. The van der Waals surface area contributed by atoms with Gasteiger partial charge in [-0.1, -0.05) is 39.5 Å². The number of likely N-dealkylation sites (tertiary alicyclic amines) is 1. The number of carbonyl (C=O) groups excluding carboxylic acids is 2. The standard InChI is InChI=1S/C19H36N4O2.ClH/c1-15(2)17(20)18(25)21-13-16(24)22-14-19(9-5-3-6-10-19)23-11-7-4-8-12-23;/h15,17H,3-14,20H2,1-2H3,(H,21,25)(H,22,24);1H/t17-;/m0./s1. The lowest BCUT2D eigenvalue weighted by atomic mass is 9.79. The van der Waals surface area contributed by atoms with Crippen LogP contribution in [-0.4, -0.2) is 54.5 Å². The molecule has 0 aromatic rings. The van der Waals surface area contributed by atoms with Gasteiger partial charge < -0.3 is 16.4 Å². The molecule has 0 bridgehead atoms. The molecule has 2 rings (SSSR count). The van der Waals surface area contributed by atoms with Crippen LogP contribution in [0, 0.1) is 5.92 Å². The highest BCUT2D eigenvalue weighted by Gasteiger charge is 2.38. The van der Waals surface area contributed by atoms with Crippen molar-refractivity contribution in [2.45, 2.75) is 76.8 Å². The number of nitrogens with zero attached hydrogens (tertiary/aromatic N) is 1. The van der Waals surface area contributed by atoms with Gasteiger partial charge >= 0.3 is 0 Å². The van der Waals surface area contributed by atoms with E-state index in [-0.39, 0.29) is 42.2 Å². The molecule has 1 saturated heterocycles. The summed E-state index contributed by atoms with van der Waals surface area (Å²) < 4.78 is 0. The SMILES string of the molecule is CC(C)[C@H](N)C(=O)NCC(=O)NCC1(N2CCCCC2)CCCCC1.Cl. The lowest BCUT2D eigenvalue weighted by Crippen LogP contribution is -2.58. The summed E-state index contributed by atoms with van der Waals surface area (Å²) in [7, 11) is 0. The van der Waals surface area contributed by atoms with Crippen molar-refractivity contribution in [3.63, 3.8) is 0 Å². The van der Waals surface area contributed by atoms with Gasteiger partial charge in [-0.25, -0.2) is 0 Å². The molecule has 152 valence electrons. The summed E-state index contributed by atoms with van der Waals surface area (Å²) in [6, 6.07) is -0.564.